The van der Waals surface area contributed by atoms with Gasteiger partial charge in [0, 0.05) is 29.8 Å². The lowest BCUT2D eigenvalue weighted by atomic mass is 9.47. The molecule has 0 N–H and O–H groups in total. The fourth-order valence-corrected chi connectivity index (χ4v) is 7.97. The molecule has 0 radical (unpaired) electrons. The van der Waals surface area contributed by atoms with Crippen LogP contribution in [0.25, 0.3) is 0 Å². The number of hydrogen-bond acceptors (Lipinski definition) is 2. The van der Waals surface area contributed by atoms with Gasteiger partial charge in [-0.25, -0.2) is 0 Å². The van der Waals surface area contributed by atoms with Crippen molar-refractivity contribution in [1.82, 2.24) is 4.90 Å². The maximum absolute atomic E-state index is 13.2. The van der Waals surface area contributed by atoms with Crippen molar-refractivity contribution in [2.45, 2.75) is 78.7 Å². The second kappa shape index (κ2) is 7.39. The maximum Gasteiger partial charge on any atom is 0.246 e. The zero-order valence-corrected chi connectivity index (χ0v) is 18.8. The maximum atomic E-state index is 13.2. The van der Waals surface area contributed by atoms with E-state index in [0.717, 1.165) is 25.7 Å². The van der Waals surface area contributed by atoms with E-state index in [9.17, 15) is 9.59 Å². The Morgan fingerprint density at radius 2 is 2.00 bits per heavy atom. The monoisotopic (exact) mass is 397 g/mol. The zero-order chi connectivity index (χ0) is 21.0. The summed E-state index contributed by atoms with van der Waals surface area (Å²) in [5, 5.41) is 0. The molecule has 3 saturated carbocycles. The minimum absolute atomic E-state index is 0.0555. The summed E-state index contributed by atoms with van der Waals surface area (Å²) < 4.78 is 0. The van der Waals surface area contributed by atoms with E-state index in [4.69, 9.17) is 0 Å². The smallest absolute Gasteiger partial charge is 0.246 e. The fourth-order valence-electron chi connectivity index (χ4n) is 7.97. The Balaban J connectivity index is 1.62. The summed E-state index contributed by atoms with van der Waals surface area (Å²) in [7, 11) is 0. The number of nitrogens with zero attached hydrogens (tertiary/aromatic N) is 1. The predicted octanol–water partition coefficient (Wildman–Crippen LogP) is 5.41. The molecule has 4 rings (SSSR count). The quantitative estimate of drug-likeness (QED) is 0.581. The Morgan fingerprint density at radius 3 is 2.69 bits per heavy atom. The van der Waals surface area contributed by atoms with Gasteiger partial charge in [0.15, 0.2) is 0 Å². The standard InChI is InChI=1S/C26H39NO2/c1-6-16-27-22-11-8-18-19-9-10-21(24(29)17(3)7-2)25(19,4)14-12-20(18)26(22,5)15-13-23(27)28/h6,13,15,17-22H,1,7-12,14,16H2,2-5H3/t17?,18-,19-,20-,21+,22+,25-,26+/m0/s1. The molecule has 1 amide bonds. The first-order valence-electron chi connectivity index (χ1n) is 11.9. The van der Waals surface area contributed by atoms with Crippen molar-refractivity contribution < 1.29 is 9.59 Å². The lowest BCUT2D eigenvalue weighted by Crippen LogP contribution is -2.60. The van der Waals surface area contributed by atoms with Crippen molar-refractivity contribution >= 4 is 11.7 Å². The number of ketones is 1. The summed E-state index contributed by atoms with van der Waals surface area (Å²) in [4.78, 5) is 27.8. The highest BCUT2D eigenvalue weighted by atomic mass is 16.2. The van der Waals surface area contributed by atoms with Crippen molar-refractivity contribution in [3.05, 3.63) is 24.8 Å². The molecule has 160 valence electrons. The van der Waals surface area contributed by atoms with Crippen molar-refractivity contribution in [3.8, 4) is 0 Å². The van der Waals surface area contributed by atoms with Gasteiger partial charge in [0.2, 0.25) is 5.91 Å². The van der Waals surface area contributed by atoms with Crippen molar-refractivity contribution in [3.63, 3.8) is 0 Å². The van der Waals surface area contributed by atoms with Crippen LogP contribution in [0.4, 0.5) is 0 Å². The molecule has 0 spiro atoms. The third kappa shape index (κ3) is 2.98. The summed E-state index contributed by atoms with van der Waals surface area (Å²) in [6.07, 6.45) is 13.8. The highest BCUT2D eigenvalue weighted by Crippen LogP contribution is 2.65. The van der Waals surface area contributed by atoms with E-state index in [1.165, 1.54) is 19.3 Å². The molecule has 1 heterocycles. The van der Waals surface area contributed by atoms with Crippen LogP contribution in [-0.2, 0) is 9.59 Å². The van der Waals surface area contributed by atoms with Crippen LogP contribution in [0.15, 0.2) is 24.8 Å². The van der Waals surface area contributed by atoms with Crippen molar-refractivity contribution in [1.29, 1.82) is 0 Å². The fraction of sp³-hybridized carbons (Fsp3) is 0.769. The van der Waals surface area contributed by atoms with Gasteiger partial charge in [-0.05, 0) is 74.2 Å². The molecule has 1 unspecified atom stereocenters. The predicted molar refractivity (Wildman–Crippen MR) is 117 cm³/mol. The average molecular weight is 398 g/mol. The molecule has 0 aromatic heterocycles. The third-order valence-electron chi connectivity index (χ3n) is 9.74. The molecule has 3 nitrogen and oxygen atoms in total. The van der Waals surface area contributed by atoms with Gasteiger partial charge in [-0.15, -0.1) is 6.58 Å². The van der Waals surface area contributed by atoms with E-state index in [1.54, 1.807) is 0 Å². The largest absolute Gasteiger partial charge is 0.332 e. The number of Topliss-reactive ketones (excluding diaryl/α,β-unsaturated/α-hetero) is 1. The Morgan fingerprint density at radius 1 is 1.24 bits per heavy atom. The summed E-state index contributed by atoms with van der Waals surface area (Å²) in [6, 6.07) is 0.294. The van der Waals surface area contributed by atoms with Gasteiger partial charge in [0.25, 0.3) is 0 Å². The van der Waals surface area contributed by atoms with E-state index < -0.39 is 0 Å². The van der Waals surface area contributed by atoms with E-state index in [2.05, 4.69) is 45.2 Å². The SMILES string of the molecule is C=CCN1C(=O)C=C[C@]2(C)[C@H]3CC[C@]4(C)[C@@H](C(=O)C(C)CC)CC[C@H]4[C@@H]3CC[C@@H]12. The second-order valence-electron chi connectivity index (χ2n) is 10.8. The van der Waals surface area contributed by atoms with Crippen LogP contribution in [0.3, 0.4) is 0 Å². The number of carbonyl (C=O) groups excluding carboxylic acids is 2. The summed E-state index contributed by atoms with van der Waals surface area (Å²) in [6.45, 7) is 13.6. The second-order valence-corrected chi connectivity index (χ2v) is 10.8. The van der Waals surface area contributed by atoms with E-state index in [1.807, 2.05) is 12.2 Å². The van der Waals surface area contributed by atoms with Gasteiger partial charge in [-0.2, -0.15) is 0 Å². The molecule has 0 saturated heterocycles. The highest BCUT2D eigenvalue weighted by molar-refractivity contribution is 5.89. The first-order chi connectivity index (χ1) is 13.8. The zero-order valence-electron chi connectivity index (χ0n) is 18.8. The molecular formula is C26H39NO2. The number of hydrogen-bond donors (Lipinski definition) is 0. The van der Waals surface area contributed by atoms with Crippen LogP contribution in [0.1, 0.15) is 72.6 Å². The summed E-state index contributed by atoms with van der Waals surface area (Å²) in [5.74, 6) is 3.09. The third-order valence-corrected chi connectivity index (χ3v) is 9.74. The number of rotatable bonds is 5. The average Bonchev–Trinajstić information content (AvgIpc) is 3.06. The Kier molecular flexibility index (Phi) is 5.32. The molecule has 0 aromatic carbocycles. The lowest BCUT2D eigenvalue weighted by molar-refractivity contribution is -0.144. The molecular weight excluding hydrogens is 358 g/mol. The normalized spacial score (nSPS) is 44.6. The van der Waals surface area contributed by atoms with Crippen LogP contribution in [-0.4, -0.2) is 29.2 Å². The number of amides is 1. The van der Waals surface area contributed by atoms with Crippen LogP contribution in [0.5, 0.6) is 0 Å². The van der Waals surface area contributed by atoms with Crippen molar-refractivity contribution in [2.75, 3.05) is 6.54 Å². The minimum Gasteiger partial charge on any atom is -0.332 e. The first kappa shape index (κ1) is 20.9. The first-order valence-corrected chi connectivity index (χ1v) is 11.9. The van der Waals surface area contributed by atoms with Gasteiger partial charge < -0.3 is 4.90 Å². The Labute approximate surface area is 177 Å². The molecule has 29 heavy (non-hydrogen) atoms. The molecule has 4 aliphatic rings. The van der Waals surface area contributed by atoms with Crippen LogP contribution in [0.2, 0.25) is 0 Å². The highest BCUT2D eigenvalue weighted by Gasteiger charge is 2.61. The molecule has 0 bridgehead atoms. The van der Waals surface area contributed by atoms with Gasteiger partial charge in [-0.3, -0.25) is 9.59 Å². The number of fused-ring (bicyclic) bond motifs is 5. The van der Waals surface area contributed by atoms with Gasteiger partial charge in [0.1, 0.15) is 5.78 Å². The van der Waals surface area contributed by atoms with Crippen molar-refractivity contribution in [2.24, 2.45) is 40.4 Å². The topological polar surface area (TPSA) is 37.4 Å². The molecule has 8 atom stereocenters. The molecule has 3 aliphatic carbocycles. The van der Waals surface area contributed by atoms with Gasteiger partial charge in [0.05, 0.1) is 0 Å². The van der Waals surface area contributed by atoms with Gasteiger partial charge in [-0.1, -0.05) is 39.8 Å². The molecule has 3 heteroatoms. The van der Waals surface area contributed by atoms with E-state index >= 15 is 0 Å². The Bertz CT molecular complexity index is 726. The van der Waals surface area contributed by atoms with Gasteiger partial charge >= 0.3 is 0 Å². The number of carbonyl (C=O) groups is 2. The molecule has 1 aliphatic heterocycles. The van der Waals surface area contributed by atoms with E-state index in [-0.39, 0.29) is 28.6 Å². The Hall–Kier alpha value is -1.38. The van der Waals surface area contributed by atoms with Crippen LogP contribution >= 0.6 is 0 Å². The summed E-state index contributed by atoms with van der Waals surface area (Å²) >= 11 is 0. The van der Waals surface area contributed by atoms with Crippen LogP contribution < -0.4 is 0 Å². The minimum atomic E-state index is 0.0555. The summed E-state index contributed by atoms with van der Waals surface area (Å²) in [5.41, 5.74) is 0.236. The lowest BCUT2D eigenvalue weighted by Gasteiger charge is -2.60. The molecule has 3 fully saturated rings. The molecule has 0 aromatic rings. The van der Waals surface area contributed by atoms with Crippen LogP contribution in [0, 0.1) is 40.4 Å². The van der Waals surface area contributed by atoms with E-state index in [0.29, 0.717) is 36.1 Å².